The highest BCUT2D eigenvalue weighted by Crippen LogP contribution is 2.15. The topological polar surface area (TPSA) is 72.9 Å². The summed E-state index contributed by atoms with van der Waals surface area (Å²) in [5.74, 6) is -1.02. The van der Waals surface area contributed by atoms with Crippen LogP contribution < -0.4 is 5.32 Å². The van der Waals surface area contributed by atoms with Gasteiger partial charge in [-0.3, -0.25) is 9.69 Å². The average Bonchev–Trinajstić information content (AvgIpc) is 2.82. The van der Waals surface area contributed by atoms with Gasteiger partial charge in [-0.05, 0) is 25.9 Å². The predicted molar refractivity (Wildman–Crippen MR) is 73.1 cm³/mol. The molecule has 0 bridgehead atoms. The fraction of sp³-hybridized carbons (Fsp3) is 0.692. The fourth-order valence-corrected chi connectivity index (χ4v) is 2.40. The Morgan fingerprint density at radius 2 is 2.32 bits per heavy atom. The number of nitrogens with zero attached hydrogens (tertiary/aromatic N) is 2. The van der Waals surface area contributed by atoms with Crippen LogP contribution in [0, 0.1) is 0 Å². The monoisotopic (exact) mass is 269 g/mol. The lowest BCUT2D eigenvalue weighted by Gasteiger charge is -2.25. The van der Waals surface area contributed by atoms with E-state index in [1.165, 1.54) is 11.0 Å². The van der Waals surface area contributed by atoms with Crippen LogP contribution in [0.4, 0.5) is 4.79 Å². The number of likely N-dealkylation sites (N-methyl/N-ethyl adjacent to an activating group) is 1. The summed E-state index contributed by atoms with van der Waals surface area (Å²) in [6.07, 6.45) is 3.75. The van der Waals surface area contributed by atoms with Crippen LogP contribution in [0.15, 0.2) is 12.7 Å². The molecule has 19 heavy (non-hydrogen) atoms. The number of carbonyl (C=O) groups excluding carboxylic acids is 1. The maximum absolute atomic E-state index is 11.9. The number of carboxylic acid groups (broad SMARTS) is 1. The summed E-state index contributed by atoms with van der Waals surface area (Å²) in [6.45, 7) is 8.19. The number of hydrogen-bond donors (Lipinski definition) is 2. The molecule has 0 spiro atoms. The minimum atomic E-state index is -1.02. The molecule has 6 nitrogen and oxygen atoms in total. The Morgan fingerprint density at radius 1 is 1.58 bits per heavy atom. The van der Waals surface area contributed by atoms with E-state index in [0.29, 0.717) is 12.6 Å². The van der Waals surface area contributed by atoms with Gasteiger partial charge < -0.3 is 15.3 Å². The Labute approximate surface area is 114 Å². The van der Waals surface area contributed by atoms with Crippen molar-refractivity contribution < 1.29 is 14.7 Å². The molecule has 0 saturated carbocycles. The molecule has 1 aliphatic heterocycles. The summed E-state index contributed by atoms with van der Waals surface area (Å²) in [4.78, 5) is 26.2. The number of hydrogen-bond acceptors (Lipinski definition) is 3. The van der Waals surface area contributed by atoms with E-state index in [0.717, 1.165) is 25.9 Å². The van der Waals surface area contributed by atoms with Crippen LogP contribution in [-0.2, 0) is 4.79 Å². The number of aliphatic carboxylic acids is 1. The molecule has 108 valence electrons. The molecule has 0 aromatic rings. The highest BCUT2D eigenvalue weighted by atomic mass is 16.4. The molecular weight excluding hydrogens is 246 g/mol. The highest BCUT2D eigenvalue weighted by molar-refractivity contribution is 5.80. The van der Waals surface area contributed by atoms with Gasteiger partial charge in [0, 0.05) is 19.1 Å². The first-order valence-corrected chi connectivity index (χ1v) is 6.68. The van der Waals surface area contributed by atoms with E-state index in [1.54, 1.807) is 0 Å². The maximum atomic E-state index is 11.9. The van der Waals surface area contributed by atoms with Crippen molar-refractivity contribution >= 4 is 12.0 Å². The molecule has 0 aromatic heterocycles. The first-order valence-electron chi connectivity index (χ1n) is 6.68. The lowest BCUT2D eigenvalue weighted by Crippen LogP contribution is -2.47. The van der Waals surface area contributed by atoms with Gasteiger partial charge in [-0.1, -0.05) is 13.0 Å². The molecular formula is C13H23N3O3. The molecule has 1 saturated heterocycles. The minimum absolute atomic E-state index is 0.236. The first kappa shape index (κ1) is 15.5. The molecule has 2 amide bonds. The SMILES string of the molecule is C=CCN(CC(=O)O)C(=O)NCC1CCCN1CC. The van der Waals surface area contributed by atoms with Gasteiger partial charge in [0.25, 0.3) is 0 Å². The Morgan fingerprint density at radius 3 is 2.89 bits per heavy atom. The zero-order valence-electron chi connectivity index (χ0n) is 11.5. The molecule has 1 fully saturated rings. The lowest BCUT2D eigenvalue weighted by molar-refractivity contribution is -0.137. The van der Waals surface area contributed by atoms with Crippen LogP contribution >= 0.6 is 0 Å². The second kappa shape index (κ2) is 7.78. The zero-order valence-corrected chi connectivity index (χ0v) is 11.5. The molecule has 0 radical (unpaired) electrons. The van der Waals surface area contributed by atoms with Crippen LogP contribution in [-0.4, -0.2) is 65.7 Å². The number of likely N-dealkylation sites (tertiary alicyclic amines) is 1. The van der Waals surface area contributed by atoms with E-state index >= 15 is 0 Å². The molecule has 1 heterocycles. The second-order valence-electron chi connectivity index (χ2n) is 4.67. The lowest BCUT2D eigenvalue weighted by atomic mass is 10.2. The van der Waals surface area contributed by atoms with Gasteiger partial charge >= 0.3 is 12.0 Å². The van der Waals surface area contributed by atoms with Crippen LogP contribution in [0.2, 0.25) is 0 Å². The van der Waals surface area contributed by atoms with E-state index in [-0.39, 0.29) is 19.1 Å². The summed E-state index contributed by atoms with van der Waals surface area (Å²) in [7, 11) is 0. The molecule has 0 aromatic carbocycles. The summed E-state index contributed by atoms with van der Waals surface area (Å²) in [5, 5.41) is 11.6. The summed E-state index contributed by atoms with van der Waals surface area (Å²) < 4.78 is 0. The maximum Gasteiger partial charge on any atom is 0.323 e. The Kier molecular flexibility index (Phi) is 6.35. The first-order chi connectivity index (χ1) is 9.08. The van der Waals surface area contributed by atoms with E-state index in [1.807, 2.05) is 0 Å². The quantitative estimate of drug-likeness (QED) is 0.669. The Bertz CT molecular complexity index is 333. The Hall–Kier alpha value is -1.56. The minimum Gasteiger partial charge on any atom is -0.480 e. The van der Waals surface area contributed by atoms with Gasteiger partial charge in [0.1, 0.15) is 6.54 Å². The van der Waals surface area contributed by atoms with Gasteiger partial charge in [-0.2, -0.15) is 0 Å². The highest BCUT2D eigenvalue weighted by Gasteiger charge is 2.24. The molecule has 1 atom stereocenters. The number of nitrogens with one attached hydrogen (secondary N) is 1. The summed E-state index contributed by atoms with van der Waals surface area (Å²) in [5.41, 5.74) is 0. The second-order valence-corrected chi connectivity index (χ2v) is 4.67. The third-order valence-corrected chi connectivity index (χ3v) is 3.36. The summed E-state index contributed by atoms with van der Waals surface area (Å²) in [6, 6.07) is 0.0228. The zero-order chi connectivity index (χ0) is 14.3. The number of urea groups is 1. The Balaban J connectivity index is 2.43. The molecule has 1 rings (SSSR count). The van der Waals surface area contributed by atoms with Crippen LogP contribution in [0.5, 0.6) is 0 Å². The standard InChI is InChI=1S/C13H23N3O3/c1-3-7-16(10-12(17)18)13(19)14-9-11-6-5-8-15(11)4-2/h3,11H,1,4-10H2,2H3,(H,14,19)(H,17,18). The van der Waals surface area contributed by atoms with E-state index in [2.05, 4.69) is 23.7 Å². The largest absolute Gasteiger partial charge is 0.480 e. The van der Waals surface area contributed by atoms with Gasteiger partial charge in [0.15, 0.2) is 0 Å². The number of carbonyl (C=O) groups is 2. The van der Waals surface area contributed by atoms with Crippen LogP contribution in [0.25, 0.3) is 0 Å². The molecule has 0 aliphatic carbocycles. The molecule has 6 heteroatoms. The molecule has 1 unspecified atom stereocenters. The fourth-order valence-electron chi connectivity index (χ4n) is 2.40. The van der Waals surface area contributed by atoms with Crippen LogP contribution in [0.3, 0.4) is 0 Å². The average molecular weight is 269 g/mol. The van der Waals surface area contributed by atoms with Crippen molar-refractivity contribution in [2.24, 2.45) is 0 Å². The van der Waals surface area contributed by atoms with Crippen molar-refractivity contribution in [3.05, 3.63) is 12.7 Å². The van der Waals surface area contributed by atoms with Crippen molar-refractivity contribution in [1.82, 2.24) is 15.1 Å². The molecule has 2 N–H and O–H groups in total. The van der Waals surface area contributed by atoms with Crippen molar-refractivity contribution in [3.63, 3.8) is 0 Å². The molecule has 1 aliphatic rings. The van der Waals surface area contributed by atoms with Gasteiger partial charge in [0.05, 0.1) is 0 Å². The number of amides is 2. The van der Waals surface area contributed by atoms with Crippen molar-refractivity contribution in [3.8, 4) is 0 Å². The number of carboxylic acids is 1. The smallest absolute Gasteiger partial charge is 0.323 e. The normalized spacial score (nSPS) is 19.1. The predicted octanol–water partition coefficient (Wildman–Crippen LogP) is 0.753. The third kappa shape index (κ3) is 4.90. The number of rotatable bonds is 7. The van der Waals surface area contributed by atoms with Gasteiger partial charge in [-0.25, -0.2) is 4.79 Å². The van der Waals surface area contributed by atoms with Crippen LogP contribution in [0.1, 0.15) is 19.8 Å². The van der Waals surface area contributed by atoms with Crippen molar-refractivity contribution in [1.29, 1.82) is 0 Å². The van der Waals surface area contributed by atoms with Crippen molar-refractivity contribution in [2.75, 3.05) is 32.7 Å². The van der Waals surface area contributed by atoms with Crippen molar-refractivity contribution in [2.45, 2.75) is 25.8 Å². The van der Waals surface area contributed by atoms with E-state index in [4.69, 9.17) is 5.11 Å². The van der Waals surface area contributed by atoms with E-state index < -0.39 is 5.97 Å². The summed E-state index contributed by atoms with van der Waals surface area (Å²) >= 11 is 0. The van der Waals surface area contributed by atoms with Gasteiger partial charge in [-0.15, -0.1) is 6.58 Å². The third-order valence-electron chi connectivity index (χ3n) is 3.36. The van der Waals surface area contributed by atoms with E-state index in [9.17, 15) is 9.59 Å². The van der Waals surface area contributed by atoms with Gasteiger partial charge in [0.2, 0.25) is 0 Å².